The second-order valence-corrected chi connectivity index (χ2v) is 1.02. The zero-order chi connectivity index (χ0) is 5.70. The molecule has 2 heteroatoms. The number of hydrogen-bond donors (Lipinski definition) is 1. The minimum absolute atomic E-state index is 0.102. The molecule has 0 bridgehead atoms. The molecule has 0 heterocycles. The van der Waals surface area contributed by atoms with E-state index in [0.29, 0.717) is 0 Å². The lowest BCUT2D eigenvalue weighted by Gasteiger charge is -1.85. The van der Waals surface area contributed by atoms with Gasteiger partial charge in [0.05, 0.1) is 6.92 Å². The highest BCUT2D eigenvalue weighted by Gasteiger charge is 1.92. The third-order valence-corrected chi connectivity index (χ3v) is 0.490. The lowest BCUT2D eigenvalue weighted by atomic mass is 10.5. The average molecular weight is 98.1 g/mol. The van der Waals surface area contributed by atoms with Crippen LogP contribution in [0.2, 0.25) is 0 Å². The highest BCUT2D eigenvalue weighted by Crippen LogP contribution is 1.70. The molecule has 0 aromatic rings. The molecule has 7 heavy (non-hydrogen) atoms. The quantitative estimate of drug-likeness (QED) is 0.500. The van der Waals surface area contributed by atoms with E-state index in [1.165, 1.54) is 6.20 Å². The molecule has 0 unspecified atom stereocenters. The van der Waals surface area contributed by atoms with E-state index in [1.54, 1.807) is 0 Å². The molecule has 0 aliphatic heterocycles. The highest BCUT2D eigenvalue weighted by molar-refractivity contribution is 5.77. The van der Waals surface area contributed by atoms with Gasteiger partial charge in [-0.2, -0.15) is 0 Å². The number of rotatable bonds is 2. The van der Waals surface area contributed by atoms with Crippen LogP contribution in [0.3, 0.4) is 0 Å². The van der Waals surface area contributed by atoms with Gasteiger partial charge in [-0.3, -0.25) is 4.79 Å². The highest BCUT2D eigenvalue weighted by atomic mass is 16.1. The van der Waals surface area contributed by atoms with Gasteiger partial charge in [0.2, 0.25) is 0 Å². The molecule has 0 aliphatic carbocycles. The SMILES string of the molecule is C=CNC(=O)C[CH2+]. The Morgan fingerprint density at radius 3 is 2.71 bits per heavy atom. The lowest BCUT2D eigenvalue weighted by molar-refractivity contribution is -0.119. The fourth-order valence-electron chi connectivity index (χ4n) is 0.186. The van der Waals surface area contributed by atoms with Crippen molar-refractivity contribution in [2.45, 2.75) is 6.42 Å². The van der Waals surface area contributed by atoms with Crippen LogP contribution in [0, 0.1) is 6.92 Å². The number of amides is 1. The molecule has 0 aliphatic rings. The van der Waals surface area contributed by atoms with Crippen molar-refractivity contribution in [1.29, 1.82) is 0 Å². The smallest absolute Gasteiger partial charge is 0.268 e. The zero-order valence-corrected chi connectivity index (χ0v) is 4.11. The second-order valence-electron chi connectivity index (χ2n) is 1.02. The Morgan fingerprint density at radius 1 is 2.00 bits per heavy atom. The number of carbonyl (C=O) groups excluding carboxylic acids is 1. The summed E-state index contributed by atoms with van der Waals surface area (Å²) in [5.41, 5.74) is 0. The van der Waals surface area contributed by atoms with E-state index in [9.17, 15) is 4.79 Å². The Hall–Kier alpha value is -0.920. The van der Waals surface area contributed by atoms with Crippen molar-refractivity contribution in [1.82, 2.24) is 5.32 Å². The van der Waals surface area contributed by atoms with Crippen molar-refractivity contribution in [3.8, 4) is 0 Å². The van der Waals surface area contributed by atoms with Gasteiger partial charge in [-0.15, -0.1) is 0 Å². The van der Waals surface area contributed by atoms with Gasteiger partial charge < -0.3 is 5.32 Å². The van der Waals surface area contributed by atoms with Crippen LogP contribution in [-0.4, -0.2) is 5.91 Å². The molecule has 0 spiro atoms. The Bertz CT molecular complexity index is 78.1. The number of hydrogen-bond acceptors (Lipinski definition) is 1. The maximum Gasteiger partial charge on any atom is 0.268 e. The summed E-state index contributed by atoms with van der Waals surface area (Å²) in [6, 6.07) is 0. The van der Waals surface area contributed by atoms with Crippen molar-refractivity contribution in [2.75, 3.05) is 0 Å². The molecule has 0 radical (unpaired) electrons. The Balaban J connectivity index is 3.17. The van der Waals surface area contributed by atoms with Crippen molar-refractivity contribution < 1.29 is 4.79 Å². The fourth-order valence-corrected chi connectivity index (χ4v) is 0.186. The summed E-state index contributed by atoms with van der Waals surface area (Å²) in [5.74, 6) is -0.102. The predicted molar refractivity (Wildman–Crippen MR) is 28.3 cm³/mol. The van der Waals surface area contributed by atoms with Crippen molar-refractivity contribution in [3.63, 3.8) is 0 Å². The molecule has 2 nitrogen and oxygen atoms in total. The molecule has 0 atom stereocenters. The van der Waals surface area contributed by atoms with Gasteiger partial charge in [-0.05, 0) is 6.20 Å². The van der Waals surface area contributed by atoms with E-state index >= 15 is 0 Å². The predicted octanol–water partition coefficient (Wildman–Crippen LogP) is 0.470. The molecule has 1 amide bonds. The summed E-state index contributed by atoms with van der Waals surface area (Å²) < 4.78 is 0. The van der Waals surface area contributed by atoms with Crippen molar-refractivity contribution in [2.24, 2.45) is 0 Å². The van der Waals surface area contributed by atoms with Crippen LogP contribution < -0.4 is 5.32 Å². The van der Waals surface area contributed by atoms with E-state index in [1.807, 2.05) is 0 Å². The lowest BCUT2D eigenvalue weighted by Crippen LogP contribution is -2.14. The van der Waals surface area contributed by atoms with Crippen LogP contribution in [0.5, 0.6) is 0 Å². The molecule has 1 N–H and O–H groups in total. The van der Waals surface area contributed by atoms with Crippen LogP contribution in [0.1, 0.15) is 6.42 Å². The number of nitrogens with one attached hydrogen (secondary N) is 1. The first-order valence-electron chi connectivity index (χ1n) is 2.00. The topological polar surface area (TPSA) is 29.1 Å². The minimum Gasteiger partial charge on any atom is -0.330 e. The summed E-state index contributed by atoms with van der Waals surface area (Å²) >= 11 is 0. The summed E-state index contributed by atoms with van der Waals surface area (Å²) in [7, 11) is 0. The van der Waals surface area contributed by atoms with Crippen molar-refractivity contribution in [3.05, 3.63) is 19.7 Å². The molecular formula is C5H8NO+. The van der Waals surface area contributed by atoms with Gasteiger partial charge in [0.25, 0.3) is 5.91 Å². The third kappa shape index (κ3) is 2.89. The third-order valence-electron chi connectivity index (χ3n) is 0.490. The summed E-state index contributed by atoms with van der Waals surface area (Å²) in [6.45, 7) is 6.63. The van der Waals surface area contributed by atoms with E-state index in [2.05, 4.69) is 18.8 Å². The molecule has 0 aromatic heterocycles. The summed E-state index contributed by atoms with van der Waals surface area (Å²) in [6.07, 6.45) is 1.61. The molecule has 0 aromatic carbocycles. The minimum atomic E-state index is -0.102. The molecule has 0 rings (SSSR count). The van der Waals surface area contributed by atoms with Gasteiger partial charge in [0.1, 0.15) is 0 Å². The maximum atomic E-state index is 10.2. The monoisotopic (exact) mass is 98.1 g/mol. The zero-order valence-electron chi connectivity index (χ0n) is 4.11. The second kappa shape index (κ2) is 3.28. The van der Waals surface area contributed by atoms with Gasteiger partial charge in [-0.25, -0.2) is 0 Å². The largest absolute Gasteiger partial charge is 0.330 e. The Labute approximate surface area is 43.2 Å². The van der Waals surface area contributed by atoms with Gasteiger partial charge in [0, 0.05) is 0 Å². The summed E-state index contributed by atoms with van der Waals surface area (Å²) in [4.78, 5) is 10.2. The van der Waals surface area contributed by atoms with Gasteiger partial charge in [-0.1, -0.05) is 6.58 Å². The average Bonchev–Trinajstić information content (AvgIpc) is 1.68. The van der Waals surface area contributed by atoms with Crippen LogP contribution in [0.15, 0.2) is 12.8 Å². The molecule has 0 fully saturated rings. The maximum absolute atomic E-state index is 10.2. The first-order chi connectivity index (χ1) is 3.31. The van der Waals surface area contributed by atoms with Crippen molar-refractivity contribution >= 4 is 5.91 Å². The Morgan fingerprint density at radius 2 is 2.57 bits per heavy atom. The molecular weight excluding hydrogens is 90.1 g/mol. The fraction of sp³-hybridized carbons (Fsp3) is 0.200. The van der Waals surface area contributed by atoms with Gasteiger partial charge in [0.15, 0.2) is 6.42 Å². The standard InChI is InChI=1S/C5H7NO/c1-3-5(7)6-4-2/h4H,1-3H2/p+1. The molecule has 38 valence electrons. The molecule has 0 saturated carbocycles. The van der Waals surface area contributed by atoms with Gasteiger partial charge >= 0.3 is 0 Å². The molecule has 0 saturated heterocycles. The first-order valence-corrected chi connectivity index (χ1v) is 2.00. The summed E-state index contributed by atoms with van der Waals surface area (Å²) in [5, 5.41) is 2.36. The van der Waals surface area contributed by atoms with E-state index in [-0.39, 0.29) is 12.3 Å². The van der Waals surface area contributed by atoms with E-state index < -0.39 is 0 Å². The normalized spacial score (nSPS) is 7.43. The van der Waals surface area contributed by atoms with E-state index in [4.69, 9.17) is 0 Å². The van der Waals surface area contributed by atoms with E-state index in [0.717, 1.165) is 0 Å². The van der Waals surface area contributed by atoms with Crippen LogP contribution in [0.25, 0.3) is 0 Å². The Kier molecular flexibility index (Phi) is 2.85. The van der Waals surface area contributed by atoms with Crippen LogP contribution in [0.4, 0.5) is 0 Å². The number of carbonyl (C=O) groups is 1. The van der Waals surface area contributed by atoms with Crippen LogP contribution >= 0.6 is 0 Å². The first kappa shape index (κ1) is 6.08. The van der Waals surface area contributed by atoms with Crippen LogP contribution in [-0.2, 0) is 4.79 Å².